The summed E-state index contributed by atoms with van der Waals surface area (Å²) in [4.78, 5) is 12.3. The molecule has 6 heteroatoms. The Hall–Kier alpha value is -2.66. The van der Waals surface area contributed by atoms with Gasteiger partial charge in [0, 0.05) is 12.4 Å². The molecule has 0 aliphatic rings. The van der Waals surface area contributed by atoms with Crippen molar-refractivity contribution >= 4 is 23.2 Å². The van der Waals surface area contributed by atoms with E-state index in [1.807, 2.05) is 6.07 Å². The van der Waals surface area contributed by atoms with E-state index in [-0.39, 0.29) is 10.6 Å². The zero-order valence-corrected chi connectivity index (χ0v) is 12.1. The molecule has 22 heavy (non-hydrogen) atoms. The quantitative estimate of drug-likeness (QED) is 0.796. The van der Waals surface area contributed by atoms with Crippen LogP contribution in [0, 0.1) is 5.82 Å². The predicted molar refractivity (Wildman–Crippen MR) is 82.9 cm³/mol. The Morgan fingerprint density at radius 1 is 1.14 bits per heavy atom. The average Bonchev–Trinajstić information content (AvgIpc) is 3.01. The second kappa shape index (κ2) is 5.99. The van der Waals surface area contributed by atoms with Gasteiger partial charge in [0.15, 0.2) is 0 Å². The lowest BCUT2D eigenvalue weighted by atomic mass is 10.2. The van der Waals surface area contributed by atoms with Gasteiger partial charge < -0.3 is 5.32 Å². The Labute approximate surface area is 131 Å². The Bertz CT molecular complexity index is 798. The summed E-state index contributed by atoms with van der Waals surface area (Å²) in [6, 6.07) is 13.0. The Morgan fingerprint density at radius 2 is 1.95 bits per heavy atom. The molecular formula is C16H11ClFN3O. The standard InChI is InChI=1S/C16H11ClFN3O/c17-11-5-3-6-12(18)15(11)16(22)20-13-7-1-2-8-14(13)21-10-4-9-19-21/h1-10H,(H,20,22). The summed E-state index contributed by atoms with van der Waals surface area (Å²) in [6.07, 6.45) is 3.38. The first-order chi connectivity index (χ1) is 10.7. The fourth-order valence-electron chi connectivity index (χ4n) is 2.09. The lowest BCUT2D eigenvalue weighted by Crippen LogP contribution is -2.16. The summed E-state index contributed by atoms with van der Waals surface area (Å²) in [5.41, 5.74) is 1.00. The van der Waals surface area contributed by atoms with Crippen LogP contribution in [0.5, 0.6) is 0 Å². The first-order valence-corrected chi connectivity index (χ1v) is 6.89. The summed E-state index contributed by atoms with van der Waals surface area (Å²) in [6.45, 7) is 0. The molecule has 0 bridgehead atoms. The lowest BCUT2D eigenvalue weighted by Gasteiger charge is -2.12. The zero-order valence-electron chi connectivity index (χ0n) is 11.3. The highest BCUT2D eigenvalue weighted by atomic mass is 35.5. The molecule has 4 nitrogen and oxygen atoms in total. The number of halogens is 2. The van der Waals surface area contributed by atoms with Crippen molar-refractivity contribution in [2.75, 3.05) is 5.32 Å². The number of amides is 1. The second-order valence-electron chi connectivity index (χ2n) is 4.52. The normalized spacial score (nSPS) is 10.5. The number of para-hydroxylation sites is 2. The van der Waals surface area contributed by atoms with Crippen LogP contribution < -0.4 is 5.32 Å². The van der Waals surface area contributed by atoms with Gasteiger partial charge in [0.25, 0.3) is 5.91 Å². The highest BCUT2D eigenvalue weighted by molar-refractivity contribution is 6.34. The van der Waals surface area contributed by atoms with Crippen LogP contribution in [0.2, 0.25) is 5.02 Å². The van der Waals surface area contributed by atoms with E-state index in [0.29, 0.717) is 11.4 Å². The maximum absolute atomic E-state index is 13.8. The summed E-state index contributed by atoms with van der Waals surface area (Å²) >= 11 is 5.91. The van der Waals surface area contributed by atoms with Crippen LogP contribution >= 0.6 is 11.6 Å². The number of hydrogen-bond donors (Lipinski definition) is 1. The van der Waals surface area contributed by atoms with Crippen molar-refractivity contribution < 1.29 is 9.18 Å². The number of benzene rings is 2. The molecule has 3 aromatic rings. The van der Waals surface area contributed by atoms with Crippen LogP contribution in [-0.4, -0.2) is 15.7 Å². The molecule has 0 unspecified atom stereocenters. The van der Waals surface area contributed by atoms with Crippen LogP contribution in [0.4, 0.5) is 10.1 Å². The molecule has 3 rings (SSSR count). The largest absolute Gasteiger partial charge is 0.320 e. The maximum atomic E-state index is 13.8. The number of carbonyl (C=O) groups excluding carboxylic acids is 1. The van der Waals surface area contributed by atoms with E-state index in [1.54, 1.807) is 41.3 Å². The third-order valence-electron chi connectivity index (χ3n) is 3.09. The van der Waals surface area contributed by atoms with E-state index in [9.17, 15) is 9.18 Å². The molecule has 1 N–H and O–H groups in total. The van der Waals surface area contributed by atoms with Crippen molar-refractivity contribution in [2.24, 2.45) is 0 Å². The fraction of sp³-hybridized carbons (Fsp3) is 0. The van der Waals surface area contributed by atoms with Crippen LogP contribution in [-0.2, 0) is 0 Å². The Kier molecular flexibility index (Phi) is 3.89. The minimum atomic E-state index is -0.665. The number of rotatable bonds is 3. The smallest absolute Gasteiger partial charge is 0.260 e. The first-order valence-electron chi connectivity index (χ1n) is 6.51. The van der Waals surface area contributed by atoms with E-state index in [4.69, 9.17) is 11.6 Å². The van der Waals surface area contributed by atoms with Gasteiger partial charge in [-0.2, -0.15) is 5.10 Å². The summed E-state index contributed by atoms with van der Waals surface area (Å²) in [5, 5.41) is 6.86. The van der Waals surface area contributed by atoms with E-state index in [0.717, 1.165) is 0 Å². The number of nitrogens with one attached hydrogen (secondary N) is 1. The lowest BCUT2D eigenvalue weighted by molar-refractivity contribution is 0.102. The molecular weight excluding hydrogens is 305 g/mol. The molecule has 0 radical (unpaired) electrons. The van der Waals surface area contributed by atoms with Crippen LogP contribution in [0.3, 0.4) is 0 Å². The Balaban J connectivity index is 1.96. The highest BCUT2D eigenvalue weighted by Crippen LogP contribution is 2.23. The van der Waals surface area contributed by atoms with E-state index in [2.05, 4.69) is 10.4 Å². The SMILES string of the molecule is O=C(Nc1ccccc1-n1cccn1)c1c(F)cccc1Cl. The summed E-state index contributed by atoms with van der Waals surface area (Å²) in [5.74, 6) is -1.27. The van der Waals surface area contributed by atoms with E-state index < -0.39 is 11.7 Å². The number of aromatic nitrogens is 2. The number of hydrogen-bond acceptors (Lipinski definition) is 2. The molecule has 1 heterocycles. The number of nitrogens with zero attached hydrogens (tertiary/aromatic N) is 2. The van der Waals surface area contributed by atoms with Gasteiger partial charge in [-0.25, -0.2) is 9.07 Å². The van der Waals surface area contributed by atoms with E-state index >= 15 is 0 Å². The minimum Gasteiger partial charge on any atom is -0.320 e. The third kappa shape index (κ3) is 2.71. The van der Waals surface area contributed by atoms with Gasteiger partial charge in [0.1, 0.15) is 5.82 Å². The molecule has 1 amide bonds. The van der Waals surface area contributed by atoms with Crippen LogP contribution in [0.15, 0.2) is 60.9 Å². The molecule has 0 atom stereocenters. The third-order valence-corrected chi connectivity index (χ3v) is 3.41. The van der Waals surface area contributed by atoms with Gasteiger partial charge in [0.05, 0.1) is 22.0 Å². The van der Waals surface area contributed by atoms with Crippen molar-refractivity contribution in [1.29, 1.82) is 0 Å². The van der Waals surface area contributed by atoms with Crippen LogP contribution in [0.1, 0.15) is 10.4 Å². The van der Waals surface area contributed by atoms with Crippen LogP contribution in [0.25, 0.3) is 5.69 Å². The summed E-state index contributed by atoms with van der Waals surface area (Å²) < 4.78 is 15.4. The first kappa shape index (κ1) is 14.3. The molecule has 110 valence electrons. The molecule has 0 aliphatic carbocycles. The monoisotopic (exact) mass is 315 g/mol. The molecule has 0 fully saturated rings. The van der Waals surface area contributed by atoms with Crippen molar-refractivity contribution in [3.63, 3.8) is 0 Å². The number of carbonyl (C=O) groups is 1. The minimum absolute atomic E-state index is 0.0640. The summed E-state index contributed by atoms with van der Waals surface area (Å²) in [7, 11) is 0. The van der Waals surface area contributed by atoms with Crippen molar-refractivity contribution in [2.45, 2.75) is 0 Å². The fourth-order valence-corrected chi connectivity index (χ4v) is 2.34. The molecule has 0 spiro atoms. The number of anilines is 1. The highest BCUT2D eigenvalue weighted by Gasteiger charge is 2.17. The van der Waals surface area contributed by atoms with Crippen molar-refractivity contribution in [3.05, 3.63) is 77.3 Å². The van der Waals surface area contributed by atoms with Crippen molar-refractivity contribution in [3.8, 4) is 5.69 Å². The van der Waals surface area contributed by atoms with Gasteiger partial charge in [-0.1, -0.05) is 29.8 Å². The van der Waals surface area contributed by atoms with Gasteiger partial charge in [-0.3, -0.25) is 4.79 Å². The molecule has 2 aromatic carbocycles. The average molecular weight is 316 g/mol. The Morgan fingerprint density at radius 3 is 2.68 bits per heavy atom. The molecule has 1 aromatic heterocycles. The second-order valence-corrected chi connectivity index (χ2v) is 4.93. The van der Waals surface area contributed by atoms with E-state index in [1.165, 1.54) is 18.2 Å². The van der Waals surface area contributed by atoms with Crippen molar-refractivity contribution in [1.82, 2.24) is 9.78 Å². The van der Waals surface area contributed by atoms with Gasteiger partial charge in [-0.15, -0.1) is 0 Å². The van der Waals surface area contributed by atoms with Gasteiger partial charge >= 0.3 is 0 Å². The van der Waals surface area contributed by atoms with Gasteiger partial charge in [0.2, 0.25) is 0 Å². The molecule has 0 aliphatic heterocycles. The van der Waals surface area contributed by atoms with Gasteiger partial charge in [-0.05, 0) is 30.3 Å². The maximum Gasteiger partial charge on any atom is 0.260 e. The topological polar surface area (TPSA) is 46.9 Å². The predicted octanol–water partition coefficient (Wildman–Crippen LogP) is 3.92. The molecule has 0 saturated heterocycles. The zero-order chi connectivity index (χ0) is 15.5. The molecule has 0 saturated carbocycles.